The molecule has 0 aromatic heterocycles. The number of piperazine rings is 1. The minimum Gasteiger partial charge on any atom is -0.367 e. The molecule has 1 aromatic rings. The van der Waals surface area contributed by atoms with E-state index < -0.39 is 30.7 Å². The molecular formula is C16H25Cl2F3N4O. The smallest absolute Gasteiger partial charge is 0.277 e. The number of nitrogens with zero attached hydrogens (tertiary/aromatic N) is 2. The molecule has 0 spiro atoms. The molecule has 1 aromatic carbocycles. The monoisotopic (exact) mass is 416 g/mol. The largest absolute Gasteiger partial charge is 0.367 e. The lowest BCUT2D eigenvalue weighted by Crippen LogP contribution is -2.46. The van der Waals surface area contributed by atoms with E-state index >= 15 is 0 Å². The number of anilines is 1. The first kappa shape index (κ1) is 24.8. The van der Waals surface area contributed by atoms with Crippen LogP contribution in [0.1, 0.15) is 17.3 Å². The average Bonchev–Trinajstić information content (AvgIpc) is 2.60. The van der Waals surface area contributed by atoms with Crippen LogP contribution >= 0.6 is 24.8 Å². The van der Waals surface area contributed by atoms with Crippen molar-refractivity contribution in [3.8, 4) is 0 Å². The maximum atomic E-state index is 14.3. The van der Waals surface area contributed by atoms with Crippen LogP contribution in [0.4, 0.5) is 18.9 Å². The molecule has 1 fully saturated rings. The van der Waals surface area contributed by atoms with Crippen molar-refractivity contribution in [2.24, 2.45) is 5.73 Å². The Hall–Kier alpha value is -1.22. The van der Waals surface area contributed by atoms with Crippen LogP contribution in [0, 0.1) is 5.82 Å². The van der Waals surface area contributed by atoms with Crippen LogP contribution < -0.4 is 16.0 Å². The molecule has 3 N–H and O–H groups in total. The Morgan fingerprint density at radius 3 is 2.35 bits per heavy atom. The predicted molar refractivity (Wildman–Crippen MR) is 102 cm³/mol. The van der Waals surface area contributed by atoms with Crippen molar-refractivity contribution in [3.05, 3.63) is 29.6 Å². The van der Waals surface area contributed by atoms with Crippen LogP contribution in [0.15, 0.2) is 18.2 Å². The van der Waals surface area contributed by atoms with Gasteiger partial charge < -0.3 is 20.9 Å². The Balaban J connectivity index is 0.00000312. The number of rotatable bonds is 6. The molecule has 0 atom stereocenters. The molecule has 1 aliphatic rings. The first-order chi connectivity index (χ1) is 11.4. The van der Waals surface area contributed by atoms with Gasteiger partial charge in [0.1, 0.15) is 5.82 Å². The van der Waals surface area contributed by atoms with E-state index in [0.717, 1.165) is 25.7 Å². The van der Waals surface area contributed by atoms with Crippen LogP contribution in [0.3, 0.4) is 0 Å². The maximum Gasteiger partial charge on any atom is 0.277 e. The normalized spacial score (nSPS) is 15.0. The van der Waals surface area contributed by atoms with Crippen LogP contribution in [0.2, 0.25) is 0 Å². The second-order valence-corrected chi connectivity index (χ2v) is 5.83. The molecule has 1 amide bonds. The summed E-state index contributed by atoms with van der Waals surface area (Å²) in [5.74, 6) is -4.45. The quantitative estimate of drug-likeness (QED) is 0.745. The fraction of sp³-hybridized carbons (Fsp3) is 0.562. The number of nitrogens with two attached hydrogens (primary N) is 1. The van der Waals surface area contributed by atoms with E-state index in [-0.39, 0.29) is 30.4 Å². The highest BCUT2D eigenvalue weighted by molar-refractivity contribution is 5.94. The lowest BCUT2D eigenvalue weighted by Gasteiger charge is -2.35. The number of hydrogen-bond acceptors (Lipinski definition) is 4. The van der Waals surface area contributed by atoms with Gasteiger partial charge in [-0.05, 0) is 24.7 Å². The number of carbonyl (C=O) groups excluding carboxylic acids is 1. The summed E-state index contributed by atoms with van der Waals surface area (Å²) < 4.78 is 40.4. The summed E-state index contributed by atoms with van der Waals surface area (Å²) >= 11 is 0. The Kier molecular flexibility index (Phi) is 10.3. The Bertz CT molecular complexity index is 585. The zero-order valence-electron chi connectivity index (χ0n) is 14.5. The summed E-state index contributed by atoms with van der Waals surface area (Å²) in [4.78, 5) is 16.1. The standard InChI is InChI=1S/C16H23F3N4O.2ClH/c1-2-22-5-7-23(8-6-22)14-4-3-12(9-13(14)17)15(24)21-11-16(18,19)10-20;;/h3-4,9H,2,5-8,10-11,20H2,1H3,(H,21,24);2*1H. The number of amides is 1. The van der Waals surface area contributed by atoms with E-state index in [2.05, 4.69) is 17.1 Å². The van der Waals surface area contributed by atoms with Gasteiger partial charge in [0.05, 0.1) is 18.8 Å². The third-order valence-corrected chi connectivity index (χ3v) is 4.18. The summed E-state index contributed by atoms with van der Waals surface area (Å²) in [5.41, 5.74) is 5.34. The number of benzene rings is 1. The lowest BCUT2D eigenvalue weighted by atomic mass is 10.1. The molecule has 5 nitrogen and oxygen atoms in total. The summed E-state index contributed by atoms with van der Waals surface area (Å²) in [5, 5.41) is 2.07. The van der Waals surface area contributed by atoms with Gasteiger partial charge in [-0.15, -0.1) is 24.8 Å². The lowest BCUT2D eigenvalue weighted by molar-refractivity contribution is 0.0118. The van der Waals surface area contributed by atoms with Gasteiger partial charge in [-0.3, -0.25) is 4.79 Å². The van der Waals surface area contributed by atoms with E-state index in [9.17, 15) is 18.0 Å². The molecule has 26 heavy (non-hydrogen) atoms. The van der Waals surface area contributed by atoms with Crippen LogP contribution in [0.25, 0.3) is 0 Å². The van der Waals surface area contributed by atoms with Gasteiger partial charge in [-0.25, -0.2) is 13.2 Å². The van der Waals surface area contributed by atoms with E-state index in [1.807, 2.05) is 4.90 Å². The fourth-order valence-electron chi connectivity index (χ4n) is 2.59. The minimum atomic E-state index is -3.17. The van der Waals surface area contributed by atoms with Crippen LogP contribution in [0.5, 0.6) is 0 Å². The zero-order valence-corrected chi connectivity index (χ0v) is 16.1. The number of hydrogen-bond donors (Lipinski definition) is 2. The fourth-order valence-corrected chi connectivity index (χ4v) is 2.59. The van der Waals surface area contributed by atoms with E-state index in [1.54, 1.807) is 0 Å². The van der Waals surface area contributed by atoms with Crippen molar-refractivity contribution >= 4 is 36.4 Å². The first-order valence-corrected chi connectivity index (χ1v) is 7.99. The van der Waals surface area contributed by atoms with E-state index in [1.165, 1.54) is 12.1 Å². The van der Waals surface area contributed by atoms with Crippen LogP contribution in [-0.2, 0) is 0 Å². The van der Waals surface area contributed by atoms with Crippen molar-refractivity contribution in [1.82, 2.24) is 10.2 Å². The highest BCUT2D eigenvalue weighted by Crippen LogP contribution is 2.22. The summed E-state index contributed by atoms with van der Waals surface area (Å²) in [6.45, 7) is 4.44. The molecule has 0 bridgehead atoms. The molecule has 0 saturated carbocycles. The van der Waals surface area contributed by atoms with Crippen molar-refractivity contribution in [3.63, 3.8) is 0 Å². The molecular weight excluding hydrogens is 392 g/mol. The first-order valence-electron chi connectivity index (χ1n) is 7.99. The second-order valence-electron chi connectivity index (χ2n) is 5.83. The van der Waals surface area contributed by atoms with Crippen molar-refractivity contribution in [2.45, 2.75) is 12.8 Å². The third-order valence-electron chi connectivity index (χ3n) is 4.18. The SMILES string of the molecule is CCN1CCN(c2ccc(C(=O)NCC(F)(F)CN)cc2F)CC1.Cl.Cl. The van der Waals surface area contributed by atoms with Crippen molar-refractivity contribution < 1.29 is 18.0 Å². The highest BCUT2D eigenvalue weighted by atomic mass is 35.5. The number of halogens is 5. The maximum absolute atomic E-state index is 14.3. The second kappa shape index (κ2) is 10.8. The zero-order chi connectivity index (χ0) is 17.7. The van der Waals surface area contributed by atoms with Gasteiger partial charge in [-0.2, -0.15) is 0 Å². The summed E-state index contributed by atoms with van der Waals surface area (Å²) in [7, 11) is 0. The predicted octanol–water partition coefficient (Wildman–Crippen LogP) is 2.14. The Labute approximate surface area is 163 Å². The molecule has 0 radical (unpaired) electrons. The summed E-state index contributed by atoms with van der Waals surface area (Å²) in [6.07, 6.45) is 0. The van der Waals surface area contributed by atoms with Gasteiger partial charge in [0.2, 0.25) is 0 Å². The topological polar surface area (TPSA) is 61.6 Å². The Morgan fingerprint density at radius 1 is 1.23 bits per heavy atom. The molecule has 1 aliphatic heterocycles. The van der Waals surface area contributed by atoms with E-state index in [0.29, 0.717) is 18.8 Å². The number of carbonyl (C=O) groups is 1. The minimum absolute atomic E-state index is 0. The molecule has 150 valence electrons. The molecule has 1 heterocycles. The molecule has 10 heteroatoms. The van der Waals surface area contributed by atoms with Crippen LogP contribution in [-0.4, -0.2) is 62.5 Å². The van der Waals surface area contributed by atoms with Crippen molar-refractivity contribution in [2.75, 3.05) is 50.7 Å². The molecule has 1 saturated heterocycles. The number of likely N-dealkylation sites (N-methyl/N-ethyl adjacent to an activating group) is 1. The van der Waals surface area contributed by atoms with Gasteiger partial charge >= 0.3 is 0 Å². The molecule has 0 aliphatic carbocycles. The Morgan fingerprint density at radius 2 is 1.85 bits per heavy atom. The van der Waals surface area contributed by atoms with Gasteiger partial charge in [0.15, 0.2) is 0 Å². The van der Waals surface area contributed by atoms with Gasteiger partial charge in [0.25, 0.3) is 11.8 Å². The molecule has 2 rings (SSSR count). The molecule has 0 unspecified atom stereocenters. The summed E-state index contributed by atoms with van der Waals surface area (Å²) in [6, 6.07) is 4.05. The number of alkyl halides is 2. The average molecular weight is 417 g/mol. The number of nitrogens with one attached hydrogen (secondary N) is 1. The van der Waals surface area contributed by atoms with E-state index in [4.69, 9.17) is 5.73 Å². The third kappa shape index (κ3) is 6.50. The van der Waals surface area contributed by atoms with Gasteiger partial charge in [0, 0.05) is 31.7 Å². The highest BCUT2D eigenvalue weighted by Gasteiger charge is 2.27. The van der Waals surface area contributed by atoms with Crippen molar-refractivity contribution in [1.29, 1.82) is 0 Å². The van der Waals surface area contributed by atoms with Gasteiger partial charge in [-0.1, -0.05) is 6.92 Å².